The van der Waals surface area contributed by atoms with Crippen molar-refractivity contribution < 1.29 is 53.2 Å². The van der Waals surface area contributed by atoms with Crippen molar-refractivity contribution in [3.05, 3.63) is 72.3 Å². The quantitative estimate of drug-likeness (QED) is 0.111. The third kappa shape index (κ3) is 12.3. The Hall–Kier alpha value is -4.51. The zero-order valence-electron chi connectivity index (χ0n) is 30.6. The Morgan fingerprint density at radius 3 is 2.49 bits per heavy atom. The number of anilines is 2. The van der Waals surface area contributed by atoms with Crippen molar-refractivity contribution in [1.82, 2.24) is 10.3 Å². The molecule has 0 unspecified atom stereocenters. The maximum Gasteiger partial charge on any atom is 0.409 e. The Bertz CT molecular complexity index is 1530. The molecule has 2 aliphatic rings. The van der Waals surface area contributed by atoms with Gasteiger partial charge in [-0.2, -0.15) is 0 Å². The molecule has 2 aliphatic heterocycles. The van der Waals surface area contributed by atoms with Gasteiger partial charge in [0, 0.05) is 70.1 Å². The van der Waals surface area contributed by atoms with Crippen LogP contribution in [0.4, 0.5) is 16.2 Å². The summed E-state index contributed by atoms with van der Waals surface area (Å²) in [5.74, 6) is 3.11. The summed E-state index contributed by atoms with van der Waals surface area (Å²) in [6, 6.07) is 21.4. The molecule has 3 aromatic carbocycles. The maximum absolute atomic E-state index is 13.0. The molecule has 0 bridgehead atoms. The average Bonchev–Trinajstić information content (AvgIpc) is 3.18. The van der Waals surface area contributed by atoms with E-state index < -0.39 is 6.09 Å². The summed E-state index contributed by atoms with van der Waals surface area (Å²) in [4.78, 5) is 23.7. The van der Waals surface area contributed by atoms with E-state index in [1.54, 1.807) is 19.1 Å². The van der Waals surface area contributed by atoms with Gasteiger partial charge in [0.2, 0.25) is 0 Å². The lowest BCUT2D eigenvalue weighted by Gasteiger charge is -2.42. The topological polar surface area (TPSA) is 144 Å². The monoisotopic (exact) mass is 740 g/mol. The van der Waals surface area contributed by atoms with Crippen molar-refractivity contribution in [2.75, 3.05) is 103 Å². The van der Waals surface area contributed by atoms with Gasteiger partial charge in [0.15, 0.2) is 0 Å². The molecule has 0 spiro atoms. The first-order valence-electron chi connectivity index (χ1n) is 18.0. The number of nitrogens with zero attached hydrogens (tertiary/aromatic N) is 4. The molecule has 1 saturated heterocycles. The van der Waals surface area contributed by atoms with Crippen LogP contribution in [0, 0.1) is 0 Å². The van der Waals surface area contributed by atoms with E-state index in [1.165, 1.54) is 0 Å². The fourth-order valence-corrected chi connectivity index (χ4v) is 6.22. The number of para-hydroxylation sites is 1. The van der Waals surface area contributed by atoms with Gasteiger partial charge in [0.1, 0.15) is 36.2 Å². The summed E-state index contributed by atoms with van der Waals surface area (Å²) in [7, 11) is 3.36. The summed E-state index contributed by atoms with van der Waals surface area (Å²) >= 11 is 0. The van der Waals surface area contributed by atoms with Crippen LogP contribution in [0.1, 0.15) is 24.8 Å². The van der Waals surface area contributed by atoms with Gasteiger partial charge < -0.3 is 47.9 Å². The van der Waals surface area contributed by atoms with Crippen LogP contribution >= 0.6 is 0 Å². The number of hydrogen-bond donors (Lipinski definition) is 2. The Morgan fingerprint density at radius 1 is 0.868 bits per heavy atom. The number of rotatable bonds is 21. The first-order valence-corrected chi connectivity index (χ1v) is 18.0. The molecular weight excluding hydrogens is 688 g/mol. The smallest absolute Gasteiger partial charge is 0.409 e. The number of piperazine rings is 1. The number of benzene rings is 3. The third-order valence-electron chi connectivity index (χ3n) is 8.89. The van der Waals surface area contributed by atoms with Crippen LogP contribution in [0.2, 0.25) is 0 Å². The Balaban J connectivity index is 1.17. The highest BCUT2D eigenvalue weighted by molar-refractivity contribution is 5.68. The number of ether oxygens (including phenoxy) is 7. The highest BCUT2D eigenvalue weighted by Gasteiger charge is 2.31. The Morgan fingerprint density at radius 2 is 1.68 bits per heavy atom. The average molecular weight is 741 g/mol. The molecule has 0 aromatic heterocycles. The summed E-state index contributed by atoms with van der Waals surface area (Å²) in [5, 5.41) is 17.0. The van der Waals surface area contributed by atoms with E-state index >= 15 is 0 Å². The van der Waals surface area contributed by atoms with Crippen molar-refractivity contribution in [3.8, 4) is 23.0 Å². The predicted octanol–water partition coefficient (Wildman–Crippen LogP) is 5.02. The van der Waals surface area contributed by atoms with Gasteiger partial charge in [0.25, 0.3) is 0 Å². The molecule has 1 fully saturated rings. The van der Waals surface area contributed by atoms with Gasteiger partial charge in [-0.1, -0.05) is 18.2 Å². The van der Waals surface area contributed by atoms with Gasteiger partial charge in [-0.3, -0.25) is 15.3 Å². The van der Waals surface area contributed by atoms with E-state index in [9.17, 15) is 4.79 Å². The van der Waals surface area contributed by atoms with Gasteiger partial charge in [-0.15, -0.1) is 0 Å². The SMILES string of the molecule is COCCCN1CCOc2ccc(OC[C@H]3CN(C(=O)OCCCON(O)O)CCN3c3ccc(OCCCOCc4ccccc4OC)cc3)cc21. The molecule has 290 valence electrons. The second kappa shape index (κ2) is 21.3. The normalized spacial score (nSPS) is 15.6. The molecule has 0 saturated carbocycles. The van der Waals surface area contributed by atoms with Crippen LogP contribution in [0.5, 0.6) is 23.0 Å². The fourth-order valence-electron chi connectivity index (χ4n) is 6.22. The standard InChI is InChI=1S/C38H52N4O11/c1-46-20-5-16-39-19-25-50-37-15-14-34(26-35(37)39)52-29-32-27-40(38(43)51-23-7-24-53-42(44)45)17-18-41(32)31-10-12-33(13-11-31)49-22-6-21-48-28-30-8-3-4-9-36(30)47-2/h3-4,8-15,26,32,44-45H,5-7,16-25,27-29H2,1-2H3/t32-/m1/s1. The summed E-state index contributed by atoms with van der Waals surface area (Å²) in [6.45, 7) is 6.26. The minimum absolute atomic E-state index is 0.0163. The zero-order chi connectivity index (χ0) is 37.3. The van der Waals surface area contributed by atoms with Crippen LogP contribution in [0.3, 0.4) is 0 Å². The van der Waals surface area contributed by atoms with Crippen LogP contribution in [0.25, 0.3) is 0 Å². The molecule has 15 heteroatoms. The molecule has 1 atom stereocenters. The van der Waals surface area contributed by atoms with E-state index in [4.69, 9.17) is 43.6 Å². The molecule has 5 rings (SSSR count). The van der Waals surface area contributed by atoms with Gasteiger partial charge >= 0.3 is 6.09 Å². The Kier molecular flexibility index (Phi) is 15.9. The number of methoxy groups -OCH3 is 2. The highest BCUT2D eigenvalue weighted by Crippen LogP contribution is 2.35. The number of carbonyl (C=O) groups is 1. The number of fused-ring (bicyclic) bond motifs is 1. The van der Waals surface area contributed by atoms with Crippen LogP contribution < -0.4 is 28.7 Å². The predicted molar refractivity (Wildman–Crippen MR) is 195 cm³/mol. The summed E-state index contributed by atoms with van der Waals surface area (Å²) in [5.41, 5.74) is 2.98. The van der Waals surface area contributed by atoms with Crippen LogP contribution in [0.15, 0.2) is 66.7 Å². The molecule has 53 heavy (non-hydrogen) atoms. The van der Waals surface area contributed by atoms with E-state index in [0.29, 0.717) is 71.4 Å². The fraction of sp³-hybridized carbons (Fsp3) is 0.500. The van der Waals surface area contributed by atoms with Crippen molar-refractivity contribution in [3.63, 3.8) is 0 Å². The highest BCUT2D eigenvalue weighted by atomic mass is 17.1. The number of hydrogen-bond acceptors (Lipinski definition) is 14. The lowest BCUT2D eigenvalue weighted by molar-refractivity contribution is -0.492. The van der Waals surface area contributed by atoms with Gasteiger partial charge in [0.05, 0.1) is 63.8 Å². The molecule has 15 nitrogen and oxygen atoms in total. The van der Waals surface area contributed by atoms with Crippen molar-refractivity contribution >= 4 is 17.5 Å². The largest absolute Gasteiger partial charge is 0.496 e. The first-order chi connectivity index (χ1) is 25.9. The zero-order valence-corrected chi connectivity index (χ0v) is 30.6. The second-order valence-electron chi connectivity index (χ2n) is 12.5. The lowest BCUT2D eigenvalue weighted by atomic mass is 10.1. The van der Waals surface area contributed by atoms with Crippen molar-refractivity contribution in [2.24, 2.45) is 0 Å². The molecule has 2 heterocycles. The van der Waals surface area contributed by atoms with Crippen LogP contribution in [-0.4, -0.2) is 126 Å². The van der Waals surface area contributed by atoms with E-state index in [1.807, 2.05) is 66.7 Å². The molecule has 0 radical (unpaired) electrons. The molecule has 3 aromatic rings. The molecular formula is C38H52N4O11. The van der Waals surface area contributed by atoms with Crippen molar-refractivity contribution in [1.29, 1.82) is 0 Å². The minimum Gasteiger partial charge on any atom is -0.496 e. The number of carbonyl (C=O) groups excluding carboxylic acids is 1. The van der Waals surface area contributed by atoms with Crippen molar-refractivity contribution in [2.45, 2.75) is 31.9 Å². The van der Waals surface area contributed by atoms with Crippen LogP contribution in [-0.2, 0) is 25.7 Å². The van der Waals surface area contributed by atoms with E-state index in [0.717, 1.165) is 60.1 Å². The molecule has 1 amide bonds. The van der Waals surface area contributed by atoms with E-state index in [-0.39, 0.29) is 24.6 Å². The van der Waals surface area contributed by atoms with Gasteiger partial charge in [-0.25, -0.2) is 4.79 Å². The maximum atomic E-state index is 13.0. The molecule has 2 N–H and O–H groups in total. The first kappa shape index (κ1) is 39.7. The minimum atomic E-state index is -0.451. The van der Waals surface area contributed by atoms with Gasteiger partial charge in [-0.05, 0) is 48.9 Å². The Labute approximate surface area is 310 Å². The van der Waals surface area contributed by atoms with E-state index in [2.05, 4.69) is 14.6 Å². The summed E-state index contributed by atoms with van der Waals surface area (Å²) in [6.07, 6.45) is 1.49. The molecule has 0 aliphatic carbocycles. The summed E-state index contributed by atoms with van der Waals surface area (Å²) < 4.78 is 40.2. The lowest BCUT2D eigenvalue weighted by Crippen LogP contribution is -2.57. The third-order valence-corrected chi connectivity index (χ3v) is 8.89. The second-order valence-corrected chi connectivity index (χ2v) is 12.5. The number of amides is 1.